The minimum Gasteiger partial charge on any atom is -0.462 e. The molecule has 1 fully saturated rings. The first-order valence-electron chi connectivity index (χ1n) is 12.5. The third-order valence-electron chi connectivity index (χ3n) is 7.30. The Balaban J connectivity index is 1.74. The van der Waals surface area contributed by atoms with Crippen molar-refractivity contribution in [3.63, 3.8) is 0 Å². The first-order valence-corrected chi connectivity index (χ1v) is 12.5. The van der Waals surface area contributed by atoms with Crippen LogP contribution < -0.4 is 0 Å². The second-order valence-corrected chi connectivity index (χ2v) is 9.97. The largest absolute Gasteiger partial charge is 0.462 e. The molecule has 2 aliphatic carbocycles. The molecule has 180 valence electrons. The summed E-state index contributed by atoms with van der Waals surface area (Å²) in [6, 6.07) is 0. The lowest BCUT2D eigenvalue weighted by atomic mass is 9.66. The van der Waals surface area contributed by atoms with E-state index in [0.717, 1.165) is 37.7 Å². The molecule has 2 N–H and O–H groups in total. The highest BCUT2D eigenvalue weighted by Gasteiger charge is 2.43. The Hall–Kier alpha value is -1.66. The third kappa shape index (κ3) is 6.22. The average molecular weight is 449 g/mol. The van der Waals surface area contributed by atoms with Gasteiger partial charge >= 0.3 is 11.9 Å². The van der Waals surface area contributed by atoms with Crippen molar-refractivity contribution in [3.8, 4) is 0 Å². The van der Waals surface area contributed by atoms with Gasteiger partial charge in [-0.25, -0.2) is 0 Å². The molecule has 0 unspecified atom stereocenters. The maximum Gasteiger partial charge on any atom is 0.309 e. The van der Waals surface area contributed by atoms with Gasteiger partial charge in [0.05, 0.1) is 24.5 Å². The molecule has 0 aromatic heterocycles. The van der Waals surface area contributed by atoms with Crippen molar-refractivity contribution >= 4 is 11.9 Å². The molecular weight excluding hydrogens is 408 g/mol. The summed E-state index contributed by atoms with van der Waals surface area (Å²) in [5.41, 5.74) is 1.04. The summed E-state index contributed by atoms with van der Waals surface area (Å²) in [6.45, 7) is 6.32. The normalized spacial score (nSPS) is 33.3. The molecule has 0 bridgehead atoms. The Bertz CT molecular complexity index is 707. The van der Waals surface area contributed by atoms with Crippen LogP contribution in [0.4, 0.5) is 0 Å². The molecule has 6 nitrogen and oxygen atoms in total. The summed E-state index contributed by atoms with van der Waals surface area (Å²) in [5, 5.41) is 20.4. The number of carbonyl (C=O) groups is 2. The van der Waals surface area contributed by atoms with Crippen LogP contribution in [0, 0.1) is 23.7 Å². The lowest BCUT2D eigenvalue weighted by Crippen LogP contribution is -2.43. The fourth-order valence-electron chi connectivity index (χ4n) is 5.82. The van der Waals surface area contributed by atoms with Gasteiger partial charge < -0.3 is 19.7 Å². The molecule has 32 heavy (non-hydrogen) atoms. The standard InChI is InChI=1S/C26H40O6/c1-4-7-17(8-5-2)26(30)32-23-14-19(27)12-18-9-6-10-22(25(18)23)16(3)11-21-13-20(28)15-24(29)31-21/h6,9,12,16-17,19-23,25,27-28H,4-5,7-8,10-11,13-15H2,1-3H3/t16-,19+,20+,21+,22-,23-,25-/m0/s1. The van der Waals surface area contributed by atoms with E-state index >= 15 is 0 Å². The quantitative estimate of drug-likeness (QED) is 0.516. The van der Waals surface area contributed by atoms with Crippen LogP contribution in [0.25, 0.3) is 0 Å². The second kappa shape index (κ2) is 11.5. The number of ether oxygens (including phenoxy) is 2. The van der Waals surface area contributed by atoms with Gasteiger partial charge in [0.25, 0.3) is 0 Å². The maximum absolute atomic E-state index is 13.0. The van der Waals surface area contributed by atoms with Gasteiger partial charge in [0.2, 0.25) is 0 Å². The van der Waals surface area contributed by atoms with Gasteiger partial charge in [-0.3, -0.25) is 9.59 Å². The predicted molar refractivity (Wildman–Crippen MR) is 122 cm³/mol. The van der Waals surface area contributed by atoms with Crippen LogP contribution in [0.5, 0.6) is 0 Å². The van der Waals surface area contributed by atoms with Crippen LogP contribution in [0.2, 0.25) is 0 Å². The second-order valence-electron chi connectivity index (χ2n) is 9.97. The summed E-state index contributed by atoms with van der Waals surface area (Å²) < 4.78 is 11.6. The van der Waals surface area contributed by atoms with E-state index in [1.807, 2.05) is 6.08 Å². The Morgan fingerprint density at radius 1 is 1.22 bits per heavy atom. The van der Waals surface area contributed by atoms with E-state index in [1.54, 1.807) is 0 Å². The number of hydrogen-bond acceptors (Lipinski definition) is 6. The molecule has 0 radical (unpaired) electrons. The van der Waals surface area contributed by atoms with E-state index in [4.69, 9.17) is 9.47 Å². The molecule has 3 rings (SSSR count). The van der Waals surface area contributed by atoms with Crippen molar-refractivity contribution in [2.24, 2.45) is 23.7 Å². The van der Waals surface area contributed by atoms with Crippen molar-refractivity contribution in [2.75, 3.05) is 0 Å². The lowest BCUT2D eigenvalue weighted by Gasteiger charge is -2.43. The van der Waals surface area contributed by atoms with Crippen molar-refractivity contribution in [1.29, 1.82) is 0 Å². The maximum atomic E-state index is 13.0. The lowest BCUT2D eigenvalue weighted by molar-refractivity contribution is -0.164. The van der Waals surface area contributed by atoms with Gasteiger partial charge in [-0.05, 0) is 43.1 Å². The summed E-state index contributed by atoms with van der Waals surface area (Å²) >= 11 is 0. The van der Waals surface area contributed by atoms with E-state index in [2.05, 4.69) is 32.9 Å². The third-order valence-corrected chi connectivity index (χ3v) is 7.30. The van der Waals surface area contributed by atoms with Crippen molar-refractivity contribution in [3.05, 3.63) is 23.8 Å². The number of hydrogen-bond donors (Lipinski definition) is 2. The van der Waals surface area contributed by atoms with E-state index in [0.29, 0.717) is 19.3 Å². The Morgan fingerprint density at radius 3 is 2.59 bits per heavy atom. The zero-order valence-corrected chi connectivity index (χ0v) is 19.7. The molecule has 0 saturated carbocycles. The number of aliphatic hydroxyl groups is 2. The Labute approximate surface area is 192 Å². The van der Waals surface area contributed by atoms with Gasteiger partial charge in [-0.15, -0.1) is 0 Å². The molecule has 0 spiro atoms. The molecule has 1 heterocycles. The fourth-order valence-corrected chi connectivity index (χ4v) is 5.82. The minimum atomic E-state index is -0.636. The number of carbonyl (C=O) groups excluding carboxylic acids is 2. The molecular formula is C26H40O6. The van der Waals surface area contributed by atoms with Gasteiger partial charge in [-0.2, -0.15) is 0 Å². The molecule has 0 amide bonds. The van der Waals surface area contributed by atoms with Gasteiger partial charge in [0.1, 0.15) is 12.2 Å². The SMILES string of the molecule is CCCC(CCC)C(=O)O[C@H]1C[C@H](O)C=C2C=CC[C@@H]([C@@H](C)C[C@@H]3C[C@@H](O)CC(=O)O3)[C@H]21. The number of esters is 2. The predicted octanol–water partition coefficient (Wildman–Crippen LogP) is 4.09. The summed E-state index contributed by atoms with van der Waals surface area (Å²) in [5.74, 6) is -0.127. The first kappa shape index (κ1) is 25.0. The van der Waals surface area contributed by atoms with E-state index in [1.165, 1.54) is 0 Å². The monoisotopic (exact) mass is 448 g/mol. The fraction of sp³-hybridized carbons (Fsp3) is 0.769. The van der Waals surface area contributed by atoms with Crippen LogP contribution >= 0.6 is 0 Å². The molecule has 7 atom stereocenters. The van der Waals surface area contributed by atoms with Crippen LogP contribution in [-0.2, 0) is 19.1 Å². The van der Waals surface area contributed by atoms with Crippen molar-refractivity contribution in [1.82, 2.24) is 0 Å². The Kier molecular flexibility index (Phi) is 8.95. The highest BCUT2D eigenvalue weighted by atomic mass is 16.6. The summed E-state index contributed by atoms with van der Waals surface area (Å²) in [4.78, 5) is 24.8. The van der Waals surface area contributed by atoms with Crippen molar-refractivity contribution in [2.45, 2.75) is 103 Å². The molecule has 1 aliphatic heterocycles. The Morgan fingerprint density at radius 2 is 1.94 bits per heavy atom. The van der Waals surface area contributed by atoms with Crippen LogP contribution in [0.15, 0.2) is 23.8 Å². The summed E-state index contributed by atoms with van der Waals surface area (Å²) in [7, 11) is 0. The number of cyclic esters (lactones) is 1. The van der Waals surface area contributed by atoms with E-state index in [-0.39, 0.29) is 54.2 Å². The topological polar surface area (TPSA) is 93.1 Å². The smallest absolute Gasteiger partial charge is 0.309 e. The molecule has 0 aromatic carbocycles. The van der Waals surface area contributed by atoms with Crippen LogP contribution in [0.3, 0.4) is 0 Å². The number of allylic oxidation sites excluding steroid dienone is 2. The van der Waals surface area contributed by atoms with E-state index < -0.39 is 12.2 Å². The average Bonchev–Trinajstić information content (AvgIpc) is 2.72. The molecule has 3 aliphatic rings. The zero-order chi connectivity index (χ0) is 23.3. The molecule has 1 saturated heterocycles. The molecule has 6 heteroatoms. The van der Waals surface area contributed by atoms with Crippen molar-refractivity contribution < 1.29 is 29.3 Å². The highest BCUT2D eigenvalue weighted by molar-refractivity contribution is 5.72. The number of rotatable bonds is 9. The number of fused-ring (bicyclic) bond motifs is 1. The van der Waals surface area contributed by atoms with Gasteiger partial charge in [0.15, 0.2) is 0 Å². The van der Waals surface area contributed by atoms with E-state index in [9.17, 15) is 19.8 Å². The van der Waals surface area contributed by atoms with Crippen LogP contribution in [0.1, 0.15) is 78.6 Å². The minimum absolute atomic E-state index is 0.0236. The first-order chi connectivity index (χ1) is 15.3. The molecule has 0 aromatic rings. The zero-order valence-electron chi connectivity index (χ0n) is 19.7. The van der Waals surface area contributed by atoms with Gasteiger partial charge in [0, 0.05) is 18.8 Å². The number of aliphatic hydroxyl groups excluding tert-OH is 2. The van der Waals surface area contributed by atoms with Gasteiger partial charge in [-0.1, -0.05) is 51.8 Å². The summed E-state index contributed by atoms with van der Waals surface area (Å²) in [6.07, 6.45) is 10.2. The highest BCUT2D eigenvalue weighted by Crippen LogP contribution is 2.44. The van der Waals surface area contributed by atoms with Crippen LogP contribution in [-0.4, -0.2) is 46.6 Å².